The van der Waals surface area contributed by atoms with E-state index in [2.05, 4.69) is 10.3 Å². The Morgan fingerprint density at radius 2 is 2.00 bits per heavy atom. The molecule has 12 heteroatoms. The molecule has 0 spiro atoms. The number of nitrogens with two attached hydrogens (primary N) is 1. The van der Waals surface area contributed by atoms with E-state index in [4.69, 9.17) is 15.2 Å². The summed E-state index contributed by atoms with van der Waals surface area (Å²) < 4.78 is 74.5. The normalized spacial score (nSPS) is 20.2. The molecule has 2 aromatic rings. The molecule has 1 saturated heterocycles. The molecule has 1 aromatic heterocycles. The molecule has 2 amide bonds. The first-order valence-electron chi connectivity index (χ1n) is 9.17. The van der Waals surface area contributed by atoms with Crippen LogP contribution in [-0.4, -0.2) is 43.3 Å². The average Bonchev–Trinajstić information content (AvgIpc) is 3.12. The van der Waals surface area contributed by atoms with Gasteiger partial charge in [0.1, 0.15) is 5.69 Å². The molecular weight excluding hydrogens is 441 g/mol. The first-order valence-corrected chi connectivity index (χ1v) is 9.17. The summed E-state index contributed by atoms with van der Waals surface area (Å²) in [6.45, 7) is 1.16. The van der Waals surface area contributed by atoms with Gasteiger partial charge in [-0.1, -0.05) is 13.0 Å². The standard InChI is InChI=1S/C13H13F5O2.C7H7N3O2/c1-6-8(5-20-12(6)13(16,17)18)7-3-4-9(14)10(15)11(7)19-2;8-7(12)6-3-5(10-4-11)1-2-9-6/h3-4,6,8,12H,5H2,1-2H3;1-4H,(H2,8,12)(H,9,10,11). The van der Waals surface area contributed by atoms with Crippen molar-refractivity contribution < 1.29 is 41.0 Å². The Morgan fingerprint density at radius 1 is 1.31 bits per heavy atom. The van der Waals surface area contributed by atoms with Crippen LogP contribution in [0.3, 0.4) is 0 Å². The number of carbonyl (C=O) groups is 2. The summed E-state index contributed by atoms with van der Waals surface area (Å²) in [5, 5.41) is 2.37. The topological polar surface area (TPSA) is 104 Å². The van der Waals surface area contributed by atoms with Gasteiger partial charge in [-0.15, -0.1) is 0 Å². The van der Waals surface area contributed by atoms with Crippen LogP contribution >= 0.6 is 0 Å². The number of methoxy groups -OCH3 is 1. The SMILES string of the molecule is COc1c(C2COC(C(F)(F)F)C2C)ccc(F)c1F.NC(=O)c1cc(NC=O)ccn1. The summed E-state index contributed by atoms with van der Waals surface area (Å²) in [6, 6.07) is 5.07. The molecule has 32 heavy (non-hydrogen) atoms. The maximum atomic E-state index is 13.6. The summed E-state index contributed by atoms with van der Waals surface area (Å²) in [7, 11) is 1.14. The van der Waals surface area contributed by atoms with Crippen molar-refractivity contribution in [2.75, 3.05) is 19.0 Å². The van der Waals surface area contributed by atoms with Crippen LogP contribution in [0.25, 0.3) is 0 Å². The molecule has 2 heterocycles. The van der Waals surface area contributed by atoms with Crippen LogP contribution in [0.4, 0.5) is 27.6 Å². The Hall–Kier alpha value is -3.28. The minimum absolute atomic E-state index is 0.127. The van der Waals surface area contributed by atoms with Gasteiger partial charge in [-0.2, -0.15) is 17.6 Å². The Balaban J connectivity index is 0.000000258. The van der Waals surface area contributed by atoms with E-state index in [9.17, 15) is 31.5 Å². The molecule has 174 valence electrons. The minimum Gasteiger partial charge on any atom is -0.493 e. The highest BCUT2D eigenvalue weighted by Gasteiger charge is 2.51. The highest BCUT2D eigenvalue weighted by atomic mass is 19.4. The van der Waals surface area contributed by atoms with Crippen molar-refractivity contribution in [1.82, 2.24) is 4.98 Å². The van der Waals surface area contributed by atoms with Crippen molar-refractivity contribution in [3.8, 4) is 5.75 Å². The number of rotatable bonds is 5. The highest BCUT2D eigenvalue weighted by molar-refractivity contribution is 5.92. The van der Waals surface area contributed by atoms with E-state index in [1.165, 1.54) is 25.3 Å². The molecule has 0 bridgehead atoms. The van der Waals surface area contributed by atoms with Crippen molar-refractivity contribution in [3.63, 3.8) is 0 Å². The smallest absolute Gasteiger partial charge is 0.414 e. The summed E-state index contributed by atoms with van der Waals surface area (Å²) in [6.07, 6.45) is -4.49. The zero-order chi connectivity index (χ0) is 24.1. The lowest BCUT2D eigenvalue weighted by atomic mass is 9.86. The molecule has 1 fully saturated rings. The number of nitrogens with zero attached hydrogens (tertiary/aromatic N) is 1. The molecule has 3 atom stereocenters. The molecule has 0 radical (unpaired) electrons. The number of amides is 2. The predicted molar refractivity (Wildman–Crippen MR) is 103 cm³/mol. The number of halogens is 5. The summed E-state index contributed by atoms with van der Waals surface area (Å²) in [5.74, 6) is -4.91. The lowest BCUT2D eigenvalue weighted by Crippen LogP contribution is -2.33. The number of ether oxygens (including phenoxy) is 2. The van der Waals surface area contributed by atoms with Crippen LogP contribution in [0.1, 0.15) is 28.9 Å². The third-order valence-corrected chi connectivity index (χ3v) is 4.81. The van der Waals surface area contributed by atoms with Gasteiger partial charge in [0, 0.05) is 29.3 Å². The highest BCUT2D eigenvalue weighted by Crippen LogP contribution is 2.45. The first kappa shape index (κ1) is 25.0. The van der Waals surface area contributed by atoms with Gasteiger partial charge in [0.05, 0.1) is 13.7 Å². The van der Waals surface area contributed by atoms with E-state index in [0.29, 0.717) is 12.1 Å². The van der Waals surface area contributed by atoms with Crippen molar-refractivity contribution >= 4 is 18.0 Å². The lowest BCUT2D eigenvalue weighted by molar-refractivity contribution is -0.215. The van der Waals surface area contributed by atoms with Gasteiger partial charge in [0.2, 0.25) is 12.2 Å². The number of nitrogens with one attached hydrogen (secondary N) is 1. The van der Waals surface area contributed by atoms with E-state index in [0.717, 1.165) is 13.2 Å². The quantitative estimate of drug-likeness (QED) is 0.525. The minimum atomic E-state index is -4.49. The average molecular weight is 461 g/mol. The van der Waals surface area contributed by atoms with Crippen LogP contribution in [0.15, 0.2) is 30.5 Å². The summed E-state index contributed by atoms with van der Waals surface area (Å²) in [4.78, 5) is 24.3. The number of primary amides is 1. The lowest BCUT2D eigenvalue weighted by Gasteiger charge is -2.22. The molecule has 7 nitrogen and oxygen atoms in total. The fourth-order valence-corrected chi connectivity index (χ4v) is 3.26. The molecule has 3 unspecified atom stereocenters. The van der Waals surface area contributed by atoms with Gasteiger partial charge >= 0.3 is 6.18 Å². The third-order valence-electron chi connectivity index (χ3n) is 4.81. The fraction of sp³-hybridized carbons (Fsp3) is 0.350. The largest absolute Gasteiger partial charge is 0.493 e. The van der Waals surface area contributed by atoms with Gasteiger partial charge in [0.25, 0.3) is 5.91 Å². The zero-order valence-electron chi connectivity index (χ0n) is 17.0. The van der Waals surface area contributed by atoms with E-state index >= 15 is 0 Å². The number of carbonyl (C=O) groups excluding carboxylic acids is 2. The Kier molecular flexibility index (Phi) is 8.08. The van der Waals surface area contributed by atoms with Gasteiger partial charge in [-0.3, -0.25) is 14.6 Å². The molecular formula is C20H20F5N3O4. The van der Waals surface area contributed by atoms with E-state index in [1.807, 2.05) is 0 Å². The van der Waals surface area contributed by atoms with Crippen molar-refractivity contribution in [1.29, 1.82) is 0 Å². The number of aromatic nitrogens is 1. The maximum Gasteiger partial charge on any atom is 0.414 e. The Labute approximate surface area is 179 Å². The molecule has 1 aliphatic rings. The zero-order valence-corrected chi connectivity index (χ0v) is 17.0. The second kappa shape index (κ2) is 10.4. The molecule has 3 rings (SSSR count). The van der Waals surface area contributed by atoms with Gasteiger partial charge in [0.15, 0.2) is 17.7 Å². The number of hydrogen-bond acceptors (Lipinski definition) is 5. The molecule has 1 aliphatic heterocycles. The van der Waals surface area contributed by atoms with Crippen LogP contribution in [0, 0.1) is 17.6 Å². The van der Waals surface area contributed by atoms with E-state index < -0.39 is 41.7 Å². The van der Waals surface area contributed by atoms with Crippen LogP contribution in [0.5, 0.6) is 5.75 Å². The van der Waals surface area contributed by atoms with E-state index in [-0.39, 0.29) is 23.6 Å². The summed E-state index contributed by atoms with van der Waals surface area (Å²) in [5.41, 5.74) is 5.77. The van der Waals surface area contributed by atoms with Gasteiger partial charge in [-0.25, -0.2) is 4.39 Å². The van der Waals surface area contributed by atoms with Crippen LogP contribution in [-0.2, 0) is 9.53 Å². The predicted octanol–water partition coefficient (Wildman–Crippen LogP) is 3.40. The Morgan fingerprint density at radius 3 is 2.53 bits per heavy atom. The number of benzene rings is 1. The van der Waals surface area contributed by atoms with Gasteiger partial charge < -0.3 is 20.5 Å². The monoisotopic (exact) mass is 461 g/mol. The second-order valence-electron chi connectivity index (χ2n) is 6.80. The third kappa shape index (κ3) is 5.69. The second-order valence-corrected chi connectivity index (χ2v) is 6.80. The van der Waals surface area contributed by atoms with Gasteiger partial charge in [-0.05, 0) is 18.2 Å². The van der Waals surface area contributed by atoms with Crippen molar-refractivity contribution in [3.05, 3.63) is 53.4 Å². The van der Waals surface area contributed by atoms with Crippen LogP contribution < -0.4 is 15.8 Å². The molecule has 3 N–H and O–H groups in total. The maximum absolute atomic E-state index is 13.6. The van der Waals surface area contributed by atoms with E-state index in [1.54, 1.807) is 6.07 Å². The summed E-state index contributed by atoms with van der Waals surface area (Å²) >= 11 is 0. The molecule has 1 aromatic carbocycles. The number of alkyl halides is 3. The number of anilines is 1. The first-order chi connectivity index (χ1) is 15.0. The molecule has 0 aliphatic carbocycles. The van der Waals surface area contributed by atoms with Crippen LogP contribution in [0.2, 0.25) is 0 Å². The fourth-order valence-electron chi connectivity index (χ4n) is 3.26. The number of hydrogen-bond donors (Lipinski definition) is 2. The number of pyridine rings is 1. The van der Waals surface area contributed by atoms with Crippen molar-refractivity contribution in [2.24, 2.45) is 11.7 Å². The molecule has 0 saturated carbocycles. The van der Waals surface area contributed by atoms with Crippen molar-refractivity contribution in [2.45, 2.75) is 25.1 Å². The Bertz CT molecular complexity index is 971.